The molecule has 0 saturated carbocycles. The van der Waals surface area contributed by atoms with Crippen molar-refractivity contribution in [3.63, 3.8) is 0 Å². The van der Waals surface area contributed by atoms with Crippen molar-refractivity contribution in [1.29, 1.82) is 0 Å². The van der Waals surface area contributed by atoms with E-state index in [0.29, 0.717) is 21.9 Å². The molecule has 1 N–H and O–H groups in total. The second-order valence-electron chi connectivity index (χ2n) is 4.78. The van der Waals surface area contributed by atoms with Crippen LogP contribution in [0.5, 0.6) is 0 Å². The van der Waals surface area contributed by atoms with Gasteiger partial charge in [0.25, 0.3) is 5.91 Å². The molecule has 2 aromatic carbocycles. The Balaban J connectivity index is 2.09. The molecule has 0 saturated heterocycles. The summed E-state index contributed by atoms with van der Waals surface area (Å²) in [7, 11) is 0. The lowest BCUT2D eigenvalue weighted by atomic mass is 10.1. The largest absolute Gasteiger partial charge is 0.295 e. The molecule has 0 radical (unpaired) electrons. The topological polar surface area (TPSA) is 58.5 Å². The van der Waals surface area contributed by atoms with Gasteiger partial charge in [-0.25, -0.2) is 5.43 Å². The minimum absolute atomic E-state index is 0.00963. The Kier molecular flexibility index (Phi) is 5.07. The number of carbonyl (C=O) groups excluding carboxylic acids is 2. The van der Waals surface area contributed by atoms with Gasteiger partial charge in [-0.05, 0) is 37.6 Å². The van der Waals surface area contributed by atoms with Crippen molar-refractivity contribution in [2.24, 2.45) is 5.10 Å². The zero-order valence-corrected chi connectivity index (χ0v) is 13.0. The predicted molar refractivity (Wildman–Crippen MR) is 87.6 cm³/mol. The zero-order chi connectivity index (χ0) is 16.1. The summed E-state index contributed by atoms with van der Waals surface area (Å²) in [5, 5.41) is 4.56. The highest BCUT2D eigenvalue weighted by Crippen LogP contribution is 2.10. The molecule has 0 spiro atoms. The van der Waals surface area contributed by atoms with E-state index < -0.39 is 0 Å². The molecule has 4 nitrogen and oxygen atoms in total. The average Bonchev–Trinajstić information content (AvgIpc) is 2.52. The van der Waals surface area contributed by atoms with Crippen LogP contribution in [0.15, 0.2) is 53.6 Å². The van der Waals surface area contributed by atoms with E-state index in [-0.39, 0.29) is 11.7 Å². The van der Waals surface area contributed by atoms with E-state index in [2.05, 4.69) is 10.5 Å². The number of nitrogens with one attached hydrogen (secondary N) is 1. The van der Waals surface area contributed by atoms with Gasteiger partial charge < -0.3 is 0 Å². The quantitative estimate of drug-likeness (QED) is 0.531. The number of halogens is 1. The normalized spacial score (nSPS) is 11.1. The standard InChI is InChI=1S/C17H15ClN2O2/c1-11(13-6-8-14(9-7-13)12(2)21)19-20-17(22)15-4-3-5-16(18)10-15/h3-10H,1-2H3,(H,20,22)/b19-11+. The summed E-state index contributed by atoms with van der Waals surface area (Å²) >= 11 is 5.84. The molecular formula is C17H15ClN2O2. The van der Waals surface area contributed by atoms with Crippen molar-refractivity contribution < 1.29 is 9.59 Å². The molecule has 5 heteroatoms. The molecule has 1 amide bonds. The van der Waals surface area contributed by atoms with E-state index in [1.807, 2.05) is 0 Å². The van der Waals surface area contributed by atoms with Crippen LogP contribution < -0.4 is 5.43 Å². The van der Waals surface area contributed by atoms with Crippen LogP contribution in [0.25, 0.3) is 0 Å². The summed E-state index contributed by atoms with van der Waals surface area (Å²) in [6.45, 7) is 3.29. The van der Waals surface area contributed by atoms with E-state index in [4.69, 9.17) is 11.6 Å². The first kappa shape index (κ1) is 15.9. The Hall–Kier alpha value is -2.46. The molecule has 0 aliphatic rings. The van der Waals surface area contributed by atoms with Crippen LogP contribution in [0.2, 0.25) is 5.02 Å². The number of rotatable bonds is 4. The third-order valence-corrected chi connectivity index (χ3v) is 3.36. The molecule has 0 bridgehead atoms. The Morgan fingerprint density at radius 3 is 2.18 bits per heavy atom. The first-order valence-electron chi connectivity index (χ1n) is 6.69. The van der Waals surface area contributed by atoms with Crippen molar-refractivity contribution in [1.82, 2.24) is 5.43 Å². The number of benzene rings is 2. The van der Waals surface area contributed by atoms with Gasteiger partial charge in [0.2, 0.25) is 0 Å². The van der Waals surface area contributed by atoms with Crippen molar-refractivity contribution >= 4 is 29.0 Å². The van der Waals surface area contributed by atoms with Crippen LogP contribution in [-0.4, -0.2) is 17.4 Å². The monoisotopic (exact) mass is 314 g/mol. The van der Waals surface area contributed by atoms with Crippen LogP contribution in [-0.2, 0) is 0 Å². The average molecular weight is 315 g/mol. The maximum atomic E-state index is 12.0. The summed E-state index contributed by atoms with van der Waals surface area (Å²) in [5.41, 5.74) is 5.04. The van der Waals surface area contributed by atoms with Crippen LogP contribution in [0.4, 0.5) is 0 Å². The zero-order valence-electron chi connectivity index (χ0n) is 12.3. The summed E-state index contributed by atoms with van der Waals surface area (Å²) in [4.78, 5) is 23.2. The Morgan fingerprint density at radius 1 is 0.955 bits per heavy atom. The number of nitrogens with zero attached hydrogens (tertiary/aromatic N) is 1. The fourth-order valence-electron chi connectivity index (χ4n) is 1.84. The minimum Gasteiger partial charge on any atom is -0.295 e. The van der Waals surface area contributed by atoms with Gasteiger partial charge in [0.05, 0.1) is 5.71 Å². The molecule has 0 aromatic heterocycles. The number of amides is 1. The fraction of sp³-hybridized carbons (Fsp3) is 0.118. The Labute approximate surface area is 133 Å². The van der Waals surface area contributed by atoms with Crippen LogP contribution >= 0.6 is 11.6 Å². The SMILES string of the molecule is CC(=O)c1ccc(/C(C)=N/NC(=O)c2cccc(Cl)c2)cc1. The lowest BCUT2D eigenvalue weighted by Gasteiger charge is -2.04. The lowest BCUT2D eigenvalue weighted by molar-refractivity contribution is 0.0954. The van der Waals surface area contributed by atoms with Crippen molar-refractivity contribution in [2.75, 3.05) is 0 Å². The molecule has 0 atom stereocenters. The van der Waals surface area contributed by atoms with Crippen LogP contribution in [0, 0.1) is 0 Å². The summed E-state index contributed by atoms with van der Waals surface area (Å²) in [6.07, 6.45) is 0. The van der Waals surface area contributed by atoms with Crippen LogP contribution in [0.3, 0.4) is 0 Å². The highest BCUT2D eigenvalue weighted by molar-refractivity contribution is 6.30. The number of hydrogen-bond donors (Lipinski definition) is 1. The first-order chi connectivity index (χ1) is 10.5. The molecule has 0 heterocycles. The fourth-order valence-corrected chi connectivity index (χ4v) is 2.03. The maximum Gasteiger partial charge on any atom is 0.271 e. The first-order valence-corrected chi connectivity index (χ1v) is 7.07. The summed E-state index contributed by atoms with van der Waals surface area (Å²) in [5.74, 6) is -0.322. The molecule has 0 aliphatic carbocycles. The van der Waals surface area contributed by atoms with E-state index in [9.17, 15) is 9.59 Å². The smallest absolute Gasteiger partial charge is 0.271 e. The molecule has 2 aromatic rings. The molecule has 22 heavy (non-hydrogen) atoms. The van der Waals surface area contributed by atoms with Gasteiger partial charge in [-0.1, -0.05) is 41.9 Å². The number of ketones is 1. The lowest BCUT2D eigenvalue weighted by Crippen LogP contribution is -2.19. The Morgan fingerprint density at radius 2 is 1.59 bits per heavy atom. The minimum atomic E-state index is -0.331. The summed E-state index contributed by atoms with van der Waals surface area (Å²) < 4.78 is 0. The number of carbonyl (C=O) groups is 2. The molecule has 112 valence electrons. The number of Topliss-reactive ketones (excluding diaryl/α,β-unsaturated/α-hetero) is 1. The molecular weight excluding hydrogens is 300 g/mol. The van der Waals surface area contributed by atoms with Crippen molar-refractivity contribution in [3.05, 3.63) is 70.2 Å². The van der Waals surface area contributed by atoms with Gasteiger partial charge in [0, 0.05) is 16.1 Å². The second kappa shape index (κ2) is 7.00. The van der Waals surface area contributed by atoms with Crippen molar-refractivity contribution in [3.8, 4) is 0 Å². The van der Waals surface area contributed by atoms with Gasteiger partial charge in [-0.15, -0.1) is 0 Å². The van der Waals surface area contributed by atoms with E-state index in [1.54, 1.807) is 55.5 Å². The van der Waals surface area contributed by atoms with Crippen molar-refractivity contribution in [2.45, 2.75) is 13.8 Å². The number of hydrazone groups is 1. The van der Waals surface area contributed by atoms with E-state index in [1.165, 1.54) is 6.92 Å². The van der Waals surface area contributed by atoms with Gasteiger partial charge in [0.15, 0.2) is 5.78 Å². The third-order valence-electron chi connectivity index (χ3n) is 3.12. The van der Waals surface area contributed by atoms with Gasteiger partial charge in [-0.3, -0.25) is 9.59 Å². The molecule has 0 fully saturated rings. The van der Waals surface area contributed by atoms with Gasteiger partial charge in [-0.2, -0.15) is 5.10 Å². The molecule has 2 rings (SSSR count). The van der Waals surface area contributed by atoms with Gasteiger partial charge in [0.1, 0.15) is 0 Å². The maximum absolute atomic E-state index is 12.0. The molecule has 0 aliphatic heterocycles. The third kappa shape index (κ3) is 4.02. The second-order valence-corrected chi connectivity index (χ2v) is 5.22. The van der Waals surface area contributed by atoms with Crippen LogP contribution in [0.1, 0.15) is 40.1 Å². The highest BCUT2D eigenvalue weighted by Gasteiger charge is 2.06. The predicted octanol–water partition coefficient (Wildman–Crippen LogP) is 3.70. The highest BCUT2D eigenvalue weighted by atomic mass is 35.5. The van der Waals surface area contributed by atoms with E-state index in [0.717, 1.165) is 5.56 Å². The van der Waals surface area contributed by atoms with Gasteiger partial charge >= 0.3 is 0 Å². The van der Waals surface area contributed by atoms with E-state index >= 15 is 0 Å². The summed E-state index contributed by atoms with van der Waals surface area (Å²) in [6, 6.07) is 13.7. The number of hydrogen-bond acceptors (Lipinski definition) is 3. The Bertz CT molecular complexity index is 737. The molecule has 0 unspecified atom stereocenters.